The highest BCUT2D eigenvalue weighted by atomic mass is 16.6. The molecule has 34 heavy (non-hydrogen) atoms. The van der Waals surface area contributed by atoms with Gasteiger partial charge in [-0.3, -0.25) is 19.7 Å². The van der Waals surface area contributed by atoms with Gasteiger partial charge in [0.15, 0.2) is 0 Å². The van der Waals surface area contributed by atoms with Gasteiger partial charge in [0.25, 0.3) is 5.69 Å². The van der Waals surface area contributed by atoms with E-state index in [1.807, 2.05) is 47.4 Å². The van der Waals surface area contributed by atoms with Gasteiger partial charge in [-0.2, -0.15) is 0 Å². The van der Waals surface area contributed by atoms with E-state index >= 15 is 0 Å². The van der Waals surface area contributed by atoms with E-state index in [1.165, 1.54) is 12.1 Å². The fraction of sp³-hybridized carbons (Fsp3) is 0.280. The molecule has 0 aliphatic carbocycles. The summed E-state index contributed by atoms with van der Waals surface area (Å²) in [6, 6.07) is 18.8. The molecule has 3 aromatic rings. The molecule has 1 fully saturated rings. The number of aliphatic hydroxyl groups excluding tert-OH is 1. The fourth-order valence-electron chi connectivity index (χ4n) is 4.24. The maximum atomic E-state index is 13.0. The number of fused-ring (bicyclic) bond motifs is 1. The lowest BCUT2D eigenvalue weighted by molar-refractivity contribution is -0.384. The summed E-state index contributed by atoms with van der Waals surface area (Å²) in [5.41, 5.74) is 1.74. The highest BCUT2D eigenvalue weighted by Crippen LogP contribution is 2.21. The van der Waals surface area contributed by atoms with E-state index < -0.39 is 17.6 Å². The molecule has 0 bridgehead atoms. The Morgan fingerprint density at radius 2 is 1.65 bits per heavy atom. The van der Waals surface area contributed by atoms with Gasteiger partial charge in [0, 0.05) is 44.0 Å². The molecular weight excluding hydrogens is 436 g/mol. The van der Waals surface area contributed by atoms with Gasteiger partial charge in [-0.05, 0) is 28.5 Å². The molecule has 1 aliphatic heterocycles. The number of rotatable bonds is 7. The zero-order valence-electron chi connectivity index (χ0n) is 18.6. The van der Waals surface area contributed by atoms with Gasteiger partial charge in [0.1, 0.15) is 6.04 Å². The molecule has 0 saturated carbocycles. The molecule has 0 spiro atoms. The number of nitrogens with one attached hydrogen (secondary N) is 1. The molecule has 0 aromatic heterocycles. The van der Waals surface area contributed by atoms with E-state index in [2.05, 4.69) is 5.32 Å². The number of amides is 2. The molecule has 9 heteroatoms. The molecule has 1 atom stereocenters. The quantitative estimate of drug-likeness (QED) is 0.410. The number of carbonyl (C=O) groups excluding carboxylic acids is 2. The number of carbonyl (C=O) groups is 2. The van der Waals surface area contributed by atoms with Crippen molar-refractivity contribution in [1.82, 2.24) is 10.2 Å². The number of nitro benzene ring substituents is 1. The number of benzene rings is 3. The zero-order valence-corrected chi connectivity index (χ0v) is 18.6. The second-order valence-electron chi connectivity index (χ2n) is 8.20. The van der Waals surface area contributed by atoms with E-state index in [9.17, 15) is 24.8 Å². The number of nitrogens with zero attached hydrogens (tertiary/aromatic N) is 3. The van der Waals surface area contributed by atoms with Crippen molar-refractivity contribution in [3.8, 4) is 0 Å². The average molecular weight is 463 g/mol. The minimum Gasteiger partial charge on any atom is -0.394 e. The first-order chi connectivity index (χ1) is 16.5. The molecule has 1 aliphatic rings. The van der Waals surface area contributed by atoms with Crippen molar-refractivity contribution < 1.29 is 19.6 Å². The van der Waals surface area contributed by atoms with Gasteiger partial charge in [-0.15, -0.1) is 0 Å². The SMILES string of the molecule is O=C(Cc1cccc2ccccc12)NC(CO)C(=O)N1CCN(c2ccc([N+](=O)[O-])cc2)CC1. The summed E-state index contributed by atoms with van der Waals surface area (Å²) in [7, 11) is 0. The Hall–Kier alpha value is -3.98. The van der Waals surface area contributed by atoms with E-state index in [1.54, 1.807) is 17.0 Å². The zero-order chi connectivity index (χ0) is 24.1. The third-order valence-electron chi connectivity index (χ3n) is 6.06. The Balaban J connectivity index is 1.33. The Morgan fingerprint density at radius 3 is 2.32 bits per heavy atom. The smallest absolute Gasteiger partial charge is 0.269 e. The molecule has 9 nitrogen and oxygen atoms in total. The predicted molar refractivity (Wildman–Crippen MR) is 129 cm³/mol. The first-order valence-corrected chi connectivity index (χ1v) is 11.1. The first-order valence-electron chi connectivity index (χ1n) is 11.1. The maximum absolute atomic E-state index is 13.0. The maximum Gasteiger partial charge on any atom is 0.269 e. The Labute approximate surface area is 196 Å². The molecule has 2 amide bonds. The van der Waals surface area contributed by atoms with E-state index in [0.29, 0.717) is 26.2 Å². The topological polar surface area (TPSA) is 116 Å². The summed E-state index contributed by atoms with van der Waals surface area (Å²) < 4.78 is 0. The second kappa shape index (κ2) is 10.3. The molecule has 2 N–H and O–H groups in total. The van der Waals surface area contributed by atoms with Crippen molar-refractivity contribution in [1.29, 1.82) is 0 Å². The average Bonchev–Trinajstić information content (AvgIpc) is 2.87. The number of hydrogen-bond donors (Lipinski definition) is 2. The van der Waals surface area contributed by atoms with Crippen LogP contribution in [0.1, 0.15) is 5.56 Å². The number of aliphatic hydroxyl groups is 1. The van der Waals surface area contributed by atoms with Crippen molar-refractivity contribution in [2.24, 2.45) is 0 Å². The minimum absolute atomic E-state index is 0.0302. The van der Waals surface area contributed by atoms with Gasteiger partial charge in [-0.25, -0.2) is 0 Å². The highest BCUT2D eigenvalue weighted by Gasteiger charge is 2.28. The lowest BCUT2D eigenvalue weighted by Gasteiger charge is -2.37. The summed E-state index contributed by atoms with van der Waals surface area (Å²) in [6.45, 7) is 1.46. The van der Waals surface area contributed by atoms with Crippen LogP contribution in [0.25, 0.3) is 10.8 Å². The molecule has 0 radical (unpaired) electrons. The Morgan fingerprint density at radius 1 is 0.971 bits per heavy atom. The molecule has 176 valence electrons. The molecule has 1 heterocycles. The van der Waals surface area contributed by atoms with Crippen molar-refractivity contribution in [3.05, 3.63) is 82.4 Å². The van der Waals surface area contributed by atoms with Crippen molar-refractivity contribution in [3.63, 3.8) is 0 Å². The van der Waals surface area contributed by atoms with E-state index in [-0.39, 0.29) is 23.9 Å². The molecular formula is C25H26N4O5. The lowest BCUT2D eigenvalue weighted by atomic mass is 10.0. The van der Waals surface area contributed by atoms with Crippen LogP contribution >= 0.6 is 0 Å². The van der Waals surface area contributed by atoms with Crippen molar-refractivity contribution in [2.75, 3.05) is 37.7 Å². The predicted octanol–water partition coefficient (Wildman–Crippen LogP) is 2.12. The van der Waals surface area contributed by atoms with Crippen LogP contribution in [0.4, 0.5) is 11.4 Å². The fourth-order valence-corrected chi connectivity index (χ4v) is 4.24. The number of nitro groups is 1. The lowest BCUT2D eigenvalue weighted by Crippen LogP contribution is -2.56. The van der Waals surface area contributed by atoms with Gasteiger partial charge in [0.2, 0.25) is 11.8 Å². The number of hydrogen-bond acceptors (Lipinski definition) is 6. The summed E-state index contributed by atoms with van der Waals surface area (Å²) in [6.07, 6.45) is 0.110. The summed E-state index contributed by atoms with van der Waals surface area (Å²) in [5, 5.41) is 25.3. The Bertz CT molecular complexity index is 1180. The highest BCUT2D eigenvalue weighted by molar-refractivity contribution is 5.92. The van der Waals surface area contributed by atoms with Gasteiger partial charge < -0.3 is 20.2 Å². The molecule has 3 aromatic carbocycles. The molecule has 1 saturated heterocycles. The van der Waals surface area contributed by atoms with Crippen LogP contribution in [-0.2, 0) is 16.0 Å². The monoisotopic (exact) mass is 462 g/mol. The third-order valence-corrected chi connectivity index (χ3v) is 6.06. The number of non-ortho nitro benzene ring substituents is 1. The third kappa shape index (κ3) is 5.15. The van der Waals surface area contributed by atoms with Crippen LogP contribution in [-0.4, -0.2) is 65.6 Å². The van der Waals surface area contributed by atoms with Crippen molar-refractivity contribution >= 4 is 34.0 Å². The van der Waals surface area contributed by atoms with Gasteiger partial charge in [-0.1, -0.05) is 42.5 Å². The summed E-state index contributed by atoms with van der Waals surface area (Å²) in [5.74, 6) is -0.648. The first kappa shape index (κ1) is 23.2. The van der Waals surface area contributed by atoms with Gasteiger partial charge in [0.05, 0.1) is 18.0 Å². The van der Waals surface area contributed by atoms with Crippen LogP contribution in [0, 0.1) is 10.1 Å². The van der Waals surface area contributed by atoms with Crippen LogP contribution < -0.4 is 10.2 Å². The minimum atomic E-state index is -1.01. The van der Waals surface area contributed by atoms with Crippen LogP contribution in [0.15, 0.2) is 66.7 Å². The largest absolute Gasteiger partial charge is 0.394 e. The Kier molecular flexibility index (Phi) is 7.03. The standard InChI is InChI=1S/C25H26N4O5/c30-17-23(26-24(31)16-19-6-3-5-18-4-1-2-7-22(18)19)25(32)28-14-12-27(13-15-28)20-8-10-21(11-9-20)29(33)34/h1-11,23,30H,12-17H2,(H,26,31). The summed E-state index contributed by atoms with van der Waals surface area (Å²) >= 11 is 0. The summed E-state index contributed by atoms with van der Waals surface area (Å²) in [4.78, 5) is 39.7. The second-order valence-corrected chi connectivity index (χ2v) is 8.20. The van der Waals surface area contributed by atoms with Crippen molar-refractivity contribution in [2.45, 2.75) is 12.5 Å². The van der Waals surface area contributed by atoms with E-state index in [0.717, 1.165) is 22.0 Å². The molecule has 1 unspecified atom stereocenters. The molecule has 4 rings (SSSR count). The van der Waals surface area contributed by atoms with Crippen LogP contribution in [0.5, 0.6) is 0 Å². The van der Waals surface area contributed by atoms with E-state index in [4.69, 9.17) is 0 Å². The van der Waals surface area contributed by atoms with Crippen LogP contribution in [0.3, 0.4) is 0 Å². The normalized spacial score (nSPS) is 14.6. The van der Waals surface area contributed by atoms with Crippen LogP contribution in [0.2, 0.25) is 0 Å². The number of anilines is 1. The number of piperazine rings is 1. The van der Waals surface area contributed by atoms with Gasteiger partial charge >= 0.3 is 0 Å².